The second kappa shape index (κ2) is 8.19. The predicted octanol–water partition coefficient (Wildman–Crippen LogP) is 5.60. The molecular formula is C22H28O3. The lowest BCUT2D eigenvalue weighted by atomic mass is 9.70. The first-order chi connectivity index (χ1) is 11.8. The molecule has 1 saturated carbocycles. The van der Waals surface area contributed by atoms with Crippen LogP contribution in [0.4, 0.5) is 0 Å². The fraction of sp³-hybridized carbons (Fsp3) is 0.409. The number of hydrogen-bond acceptors (Lipinski definition) is 2. The predicted molar refractivity (Wildman–Crippen MR) is 103 cm³/mol. The Bertz CT molecular complexity index is 717. The Hall–Kier alpha value is -2.29. The Labute approximate surface area is 150 Å². The van der Waals surface area contributed by atoms with E-state index in [0.717, 1.165) is 29.5 Å². The van der Waals surface area contributed by atoms with Crippen LogP contribution in [-0.2, 0) is 10.2 Å². The first-order valence-electron chi connectivity index (χ1n) is 8.92. The van der Waals surface area contributed by atoms with Crippen molar-refractivity contribution in [1.29, 1.82) is 0 Å². The Morgan fingerprint density at radius 3 is 2.48 bits per heavy atom. The molecule has 0 amide bonds. The fourth-order valence-electron chi connectivity index (χ4n) is 3.55. The number of phenolic OH excluding ortho intramolecular Hbond substituents is 1. The summed E-state index contributed by atoms with van der Waals surface area (Å²) in [5, 5.41) is 19.1. The van der Waals surface area contributed by atoms with Gasteiger partial charge < -0.3 is 10.2 Å². The fourth-order valence-corrected chi connectivity index (χ4v) is 3.55. The molecule has 1 aromatic carbocycles. The first kappa shape index (κ1) is 19.0. The van der Waals surface area contributed by atoms with E-state index in [0.29, 0.717) is 11.3 Å². The number of rotatable bonds is 5. The molecule has 2 N–H and O–H groups in total. The number of aliphatic carboxylic acids is 1. The van der Waals surface area contributed by atoms with Crippen LogP contribution < -0.4 is 0 Å². The largest absolute Gasteiger partial charge is 0.508 e. The number of benzene rings is 1. The van der Waals surface area contributed by atoms with Crippen molar-refractivity contribution in [3.8, 4) is 5.75 Å². The number of carboxylic acids is 1. The minimum absolute atomic E-state index is 0.0509. The highest BCUT2D eigenvalue weighted by Crippen LogP contribution is 2.43. The molecule has 1 fully saturated rings. The van der Waals surface area contributed by atoms with Gasteiger partial charge in [-0.15, -0.1) is 0 Å². The van der Waals surface area contributed by atoms with Crippen LogP contribution >= 0.6 is 0 Å². The SMILES string of the molecule is CC(C=CC=C(C)c1ccc(O)c(C2(C)CCCCC2)c1)=CC(=O)O. The van der Waals surface area contributed by atoms with E-state index in [1.165, 1.54) is 25.3 Å². The van der Waals surface area contributed by atoms with Crippen molar-refractivity contribution in [2.75, 3.05) is 0 Å². The number of hydrogen-bond donors (Lipinski definition) is 2. The van der Waals surface area contributed by atoms with Crippen molar-refractivity contribution in [3.05, 3.63) is 59.2 Å². The van der Waals surface area contributed by atoms with Crippen LogP contribution in [0.15, 0.2) is 48.1 Å². The Kier molecular flexibility index (Phi) is 6.24. The molecule has 25 heavy (non-hydrogen) atoms. The van der Waals surface area contributed by atoms with Crippen LogP contribution in [0.5, 0.6) is 5.75 Å². The molecule has 0 radical (unpaired) electrons. The van der Waals surface area contributed by atoms with Crippen molar-refractivity contribution >= 4 is 11.5 Å². The van der Waals surface area contributed by atoms with Gasteiger partial charge in [0.15, 0.2) is 0 Å². The summed E-state index contributed by atoms with van der Waals surface area (Å²) in [7, 11) is 0. The summed E-state index contributed by atoms with van der Waals surface area (Å²) in [6.07, 6.45) is 12.7. The van der Waals surface area contributed by atoms with Crippen molar-refractivity contribution in [2.45, 2.75) is 58.3 Å². The highest BCUT2D eigenvalue weighted by atomic mass is 16.4. The van der Waals surface area contributed by atoms with Gasteiger partial charge in [0.25, 0.3) is 0 Å². The van der Waals surface area contributed by atoms with Crippen molar-refractivity contribution in [1.82, 2.24) is 0 Å². The van der Waals surface area contributed by atoms with E-state index >= 15 is 0 Å². The smallest absolute Gasteiger partial charge is 0.328 e. The van der Waals surface area contributed by atoms with Gasteiger partial charge in [-0.25, -0.2) is 4.79 Å². The number of aromatic hydroxyl groups is 1. The average Bonchev–Trinajstić information content (AvgIpc) is 2.55. The molecule has 0 bridgehead atoms. The summed E-state index contributed by atoms with van der Waals surface area (Å²) in [5.41, 5.74) is 3.96. The zero-order valence-corrected chi connectivity index (χ0v) is 15.4. The van der Waals surface area contributed by atoms with E-state index in [1.54, 1.807) is 19.1 Å². The molecule has 0 saturated heterocycles. The molecule has 1 aliphatic carbocycles. The molecule has 0 aliphatic heterocycles. The molecule has 0 atom stereocenters. The van der Waals surface area contributed by atoms with Crippen LogP contribution in [0.3, 0.4) is 0 Å². The maximum Gasteiger partial charge on any atom is 0.328 e. The van der Waals surface area contributed by atoms with Gasteiger partial charge >= 0.3 is 5.97 Å². The maximum atomic E-state index is 10.6. The lowest BCUT2D eigenvalue weighted by Crippen LogP contribution is -2.25. The standard InChI is InChI=1S/C22H28O3/c1-16(14-21(24)25)8-7-9-17(2)18-10-11-20(23)19(15-18)22(3)12-5-4-6-13-22/h7-11,14-15,23H,4-6,12-13H2,1-3H3,(H,24,25). The van der Waals surface area contributed by atoms with Gasteiger partial charge in [-0.2, -0.15) is 0 Å². The van der Waals surface area contributed by atoms with Gasteiger partial charge in [-0.1, -0.05) is 50.5 Å². The van der Waals surface area contributed by atoms with Gasteiger partial charge in [-0.3, -0.25) is 0 Å². The summed E-state index contributed by atoms with van der Waals surface area (Å²) in [5.74, 6) is -0.552. The third kappa shape index (κ3) is 5.09. The molecule has 3 nitrogen and oxygen atoms in total. The van der Waals surface area contributed by atoms with Gasteiger partial charge in [0, 0.05) is 11.6 Å². The Morgan fingerprint density at radius 2 is 1.84 bits per heavy atom. The van der Waals surface area contributed by atoms with E-state index in [4.69, 9.17) is 5.11 Å². The lowest BCUT2D eigenvalue weighted by Gasteiger charge is -2.35. The zero-order valence-electron chi connectivity index (χ0n) is 15.4. The van der Waals surface area contributed by atoms with Gasteiger partial charge in [0.2, 0.25) is 0 Å². The minimum atomic E-state index is -0.938. The Balaban J connectivity index is 2.25. The molecule has 0 aromatic heterocycles. The molecule has 3 heteroatoms. The van der Waals surface area contributed by atoms with E-state index in [9.17, 15) is 9.90 Å². The van der Waals surface area contributed by atoms with Crippen molar-refractivity contribution in [3.63, 3.8) is 0 Å². The van der Waals surface area contributed by atoms with Crippen molar-refractivity contribution < 1.29 is 15.0 Å². The van der Waals surface area contributed by atoms with Crippen molar-refractivity contribution in [2.24, 2.45) is 0 Å². The summed E-state index contributed by atoms with van der Waals surface area (Å²) in [6.45, 7) is 6.04. The highest BCUT2D eigenvalue weighted by Gasteiger charge is 2.31. The van der Waals surface area contributed by atoms with Crippen LogP contribution in [0.1, 0.15) is 64.0 Å². The molecule has 0 spiro atoms. The monoisotopic (exact) mass is 340 g/mol. The summed E-state index contributed by atoms with van der Waals surface area (Å²) in [6, 6.07) is 5.84. The molecule has 134 valence electrons. The third-order valence-corrected chi connectivity index (χ3v) is 5.12. The van der Waals surface area contributed by atoms with Gasteiger partial charge in [0.1, 0.15) is 5.75 Å². The van der Waals surface area contributed by atoms with Crippen LogP contribution in [-0.4, -0.2) is 16.2 Å². The first-order valence-corrected chi connectivity index (χ1v) is 8.92. The molecule has 2 rings (SSSR count). The summed E-state index contributed by atoms with van der Waals surface area (Å²) >= 11 is 0. The highest BCUT2D eigenvalue weighted by molar-refractivity contribution is 5.81. The number of carboxylic acid groups (broad SMARTS) is 1. The normalized spacial score (nSPS) is 18.5. The molecule has 0 unspecified atom stereocenters. The third-order valence-electron chi connectivity index (χ3n) is 5.12. The average molecular weight is 340 g/mol. The van der Waals surface area contributed by atoms with E-state index in [-0.39, 0.29) is 5.41 Å². The summed E-state index contributed by atoms with van der Waals surface area (Å²) in [4.78, 5) is 10.6. The van der Waals surface area contributed by atoms with Gasteiger partial charge in [-0.05, 0) is 60.9 Å². The van der Waals surface area contributed by atoms with E-state index < -0.39 is 5.97 Å². The van der Waals surface area contributed by atoms with Crippen LogP contribution in [0, 0.1) is 0 Å². The minimum Gasteiger partial charge on any atom is -0.508 e. The number of carbonyl (C=O) groups is 1. The Morgan fingerprint density at radius 1 is 1.16 bits per heavy atom. The molecule has 1 aromatic rings. The molecular weight excluding hydrogens is 312 g/mol. The lowest BCUT2D eigenvalue weighted by molar-refractivity contribution is -0.131. The molecule has 1 aliphatic rings. The molecule has 0 heterocycles. The number of phenols is 1. The van der Waals surface area contributed by atoms with E-state index in [2.05, 4.69) is 13.0 Å². The van der Waals surface area contributed by atoms with Crippen LogP contribution in [0.2, 0.25) is 0 Å². The topological polar surface area (TPSA) is 57.5 Å². The summed E-state index contributed by atoms with van der Waals surface area (Å²) < 4.78 is 0. The maximum absolute atomic E-state index is 10.6. The number of allylic oxidation sites excluding steroid dienone is 5. The zero-order chi connectivity index (χ0) is 18.4. The second-order valence-corrected chi connectivity index (χ2v) is 7.29. The van der Waals surface area contributed by atoms with E-state index in [1.807, 2.05) is 25.1 Å². The second-order valence-electron chi connectivity index (χ2n) is 7.29. The quantitative estimate of drug-likeness (QED) is 0.541. The van der Waals surface area contributed by atoms with Crippen LogP contribution in [0.25, 0.3) is 5.57 Å². The van der Waals surface area contributed by atoms with Gasteiger partial charge in [0.05, 0.1) is 0 Å².